The number of phosphoric ester groups is 1. The number of carbonyl (C=O) groups is 1. The van der Waals surface area contributed by atoms with Crippen LogP contribution in [0.15, 0.2) is 24.3 Å². The minimum Gasteiger partial charge on any atom is -0.756 e. The molecule has 0 saturated carbocycles. The van der Waals surface area contributed by atoms with Crippen LogP contribution in [0.5, 0.6) is 5.75 Å². The third kappa shape index (κ3) is 18.9. The lowest BCUT2D eigenvalue weighted by atomic mass is 9.94. The van der Waals surface area contributed by atoms with E-state index in [0.717, 1.165) is 17.7 Å². The minimum absolute atomic E-state index is 0.0590. The van der Waals surface area contributed by atoms with E-state index in [2.05, 4.69) is 6.92 Å². The summed E-state index contributed by atoms with van der Waals surface area (Å²) < 4.78 is 28.9. The quantitative estimate of drug-likeness (QED) is 0.0800. The Bertz CT molecular complexity index is 793. The van der Waals surface area contributed by atoms with Gasteiger partial charge in [-0.1, -0.05) is 83.8 Å². The molecule has 2 unspecified atom stereocenters. The number of rotatable bonds is 24. The van der Waals surface area contributed by atoms with Gasteiger partial charge in [-0.15, -0.1) is 0 Å². The minimum atomic E-state index is -4.42. The highest BCUT2D eigenvalue weighted by Gasteiger charge is 2.19. The third-order valence-corrected chi connectivity index (χ3v) is 7.57. The molecule has 7 nitrogen and oxygen atoms in total. The molecule has 220 valence electrons. The summed E-state index contributed by atoms with van der Waals surface area (Å²) in [5.74, 6) is 0.670. The molecule has 0 spiro atoms. The zero-order chi connectivity index (χ0) is 28.3. The maximum absolute atomic E-state index is 12.2. The van der Waals surface area contributed by atoms with Crippen molar-refractivity contribution in [3.8, 4) is 5.75 Å². The largest absolute Gasteiger partial charge is 0.756 e. The Hall–Kier alpha value is -1.24. The van der Waals surface area contributed by atoms with E-state index in [4.69, 9.17) is 13.8 Å². The lowest BCUT2D eigenvalue weighted by Crippen LogP contribution is -2.37. The van der Waals surface area contributed by atoms with E-state index in [1.165, 1.54) is 57.8 Å². The van der Waals surface area contributed by atoms with Crippen LogP contribution in [0.4, 0.5) is 0 Å². The van der Waals surface area contributed by atoms with Gasteiger partial charge in [0.2, 0.25) is 0 Å². The normalized spacial score (nSPS) is 14.3. The number of benzene rings is 1. The highest BCUT2D eigenvalue weighted by Crippen LogP contribution is 2.39. The number of ketones is 1. The maximum Gasteiger partial charge on any atom is 0.268 e. The first-order valence-electron chi connectivity index (χ1n) is 14.7. The van der Waals surface area contributed by atoms with Crippen LogP contribution in [0.25, 0.3) is 0 Å². The number of unbranched alkanes of at least 4 members (excludes halogenated alkanes) is 9. The second kappa shape index (κ2) is 19.8. The molecule has 0 radical (unpaired) electrons. The van der Waals surface area contributed by atoms with Gasteiger partial charge in [-0.25, -0.2) is 0 Å². The molecule has 0 amide bonds. The molecule has 0 bridgehead atoms. The molecular formula is C30H54NO6P. The monoisotopic (exact) mass is 555 g/mol. The van der Waals surface area contributed by atoms with Gasteiger partial charge in [-0.05, 0) is 36.5 Å². The van der Waals surface area contributed by atoms with Crippen molar-refractivity contribution in [3.63, 3.8) is 0 Å². The Morgan fingerprint density at radius 1 is 0.868 bits per heavy atom. The van der Waals surface area contributed by atoms with Gasteiger partial charge in [0.25, 0.3) is 7.82 Å². The maximum atomic E-state index is 12.2. The molecule has 38 heavy (non-hydrogen) atoms. The van der Waals surface area contributed by atoms with Crippen LogP contribution < -0.4 is 9.63 Å². The van der Waals surface area contributed by atoms with Crippen LogP contribution in [-0.4, -0.2) is 57.8 Å². The van der Waals surface area contributed by atoms with Crippen LogP contribution in [0.3, 0.4) is 0 Å². The number of carbonyl (C=O) groups excluding carboxylic acids is 1. The molecule has 0 aliphatic heterocycles. The first kappa shape index (κ1) is 34.8. The molecule has 0 heterocycles. The van der Waals surface area contributed by atoms with Gasteiger partial charge in [-0.3, -0.25) is 9.36 Å². The summed E-state index contributed by atoms with van der Waals surface area (Å²) in [6, 6.07) is 7.84. The number of hydrogen-bond acceptors (Lipinski definition) is 6. The fourth-order valence-electron chi connectivity index (χ4n) is 4.15. The number of hydrogen-bond donors (Lipinski definition) is 0. The van der Waals surface area contributed by atoms with Crippen molar-refractivity contribution in [2.24, 2.45) is 5.92 Å². The molecule has 1 aromatic rings. The molecule has 0 N–H and O–H groups in total. The molecule has 0 saturated heterocycles. The van der Waals surface area contributed by atoms with Crippen LogP contribution >= 0.6 is 7.82 Å². The fraction of sp³-hybridized carbons (Fsp3) is 0.767. The van der Waals surface area contributed by atoms with E-state index in [0.29, 0.717) is 30.5 Å². The number of likely N-dealkylation sites (N-methyl/N-ethyl adjacent to an activating group) is 1. The van der Waals surface area contributed by atoms with Gasteiger partial charge in [0, 0.05) is 12.8 Å². The van der Waals surface area contributed by atoms with Gasteiger partial charge in [0.1, 0.15) is 24.7 Å². The van der Waals surface area contributed by atoms with E-state index in [9.17, 15) is 14.3 Å². The molecule has 8 heteroatoms. The van der Waals surface area contributed by atoms with E-state index in [1.54, 1.807) is 0 Å². The summed E-state index contributed by atoms with van der Waals surface area (Å²) >= 11 is 0. The number of quaternary nitrogens is 1. The van der Waals surface area contributed by atoms with Gasteiger partial charge < -0.3 is 23.2 Å². The van der Waals surface area contributed by atoms with E-state index in [1.807, 2.05) is 52.3 Å². The van der Waals surface area contributed by atoms with Gasteiger partial charge >= 0.3 is 0 Å². The van der Waals surface area contributed by atoms with Crippen molar-refractivity contribution in [2.45, 2.75) is 97.3 Å². The van der Waals surface area contributed by atoms with Crippen molar-refractivity contribution in [2.75, 3.05) is 47.5 Å². The molecular weight excluding hydrogens is 501 g/mol. The summed E-state index contributed by atoms with van der Waals surface area (Å²) in [6.07, 6.45) is 14.2. The molecule has 0 aromatic heterocycles. The van der Waals surface area contributed by atoms with E-state index >= 15 is 0 Å². The van der Waals surface area contributed by atoms with Crippen molar-refractivity contribution in [1.29, 1.82) is 0 Å². The number of Topliss-reactive ketones (excluding diaryl/α,β-unsaturated/α-hetero) is 1. The summed E-state index contributed by atoms with van der Waals surface area (Å²) in [7, 11) is 1.46. The number of phosphoric acid groups is 1. The first-order valence-corrected chi connectivity index (χ1v) is 16.1. The zero-order valence-electron chi connectivity index (χ0n) is 24.8. The Morgan fingerprint density at radius 2 is 1.45 bits per heavy atom. The van der Waals surface area contributed by atoms with Gasteiger partial charge in [-0.2, -0.15) is 0 Å². The number of ether oxygens (including phenoxy) is 1. The van der Waals surface area contributed by atoms with Crippen molar-refractivity contribution in [1.82, 2.24) is 0 Å². The Labute approximate surface area is 232 Å². The Morgan fingerprint density at radius 3 is 2.00 bits per heavy atom. The smallest absolute Gasteiger partial charge is 0.268 e. The predicted molar refractivity (Wildman–Crippen MR) is 153 cm³/mol. The Kier molecular flexibility index (Phi) is 18.1. The van der Waals surface area contributed by atoms with Crippen LogP contribution in [0, 0.1) is 5.92 Å². The lowest BCUT2D eigenvalue weighted by molar-refractivity contribution is -0.870. The topological polar surface area (TPSA) is 84.9 Å². The summed E-state index contributed by atoms with van der Waals surface area (Å²) in [4.78, 5) is 24.3. The second-order valence-electron chi connectivity index (χ2n) is 11.4. The lowest BCUT2D eigenvalue weighted by Gasteiger charge is -2.28. The number of nitrogens with zero attached hydrogens (tertiary/aromatic N) is 1. The molecule has 0 fully saturated rings. The molecule has 0 aliphatic rings. The summed E-state index contributed by atoms with van der Waals surface area (Å²) in [5.41, 5.74) is 1.01. The van der Waals surface area contributed by atoms with Crippen LogP contribution in [-0.2, 0) is 24.8 Å². The average molecular weight is 556 g/mol. The highest BCUT2D eigenvalue weighted by molar-refractivity contribution is 7.45. The fourth-order valence-corrected chi connectivity index (χ4v) is 4.92. The van der Waals surface area contributed by atoms with Gasteiger partial charge in [0.15, 0.2) is 0 Å². The standard InChI is InChI=1S/C30H54NO6P/c1-6-8-9-10-11-12-13-14-15-16-22-35-30-19-17-27(18-20-30)24-28(25-29(32)7-2)26-37-38(33,34)36-23-21-31(3,4)5/h17-20,28H,6-16,21-26H2,1-5H3. The van der Waals surface area contributed by atoms with Crippen LogP contribution in [0.1, 0.15) is 96.5 Å². The molecule has 1 rings (SSSR count). The first-order chi connectivity index (χ1) is 18.0. The average Bonchev–Trinajstić information content (AvgIpc) is 2.86. The molecule has 0 aliphatic carbocycles. The highest BCUT2D eigenvalue weighted by atomic mass is 31.2. The third-order valence-electron chi connectivity index (χ3n) is 6.60. The second-order valence-corrected chi connectivity index (χ2v) is 12.8. The molecule has 1 aromatic carbocycles. The van der Waals surface area contributed by atoms with Crippen LogP contribution in [0.2, 0.25) is 0 Å². The SMILES string of the molecule is CCCCCCCCCCCCOc1ccc(CC(COP(=O)([O-])OCC[N+](C)(C)C)CC(=O)CC)cc1. The van der Waals surface area contributed by atoms with Crippen molar-refractivity contribution in [3.05, 3.63) is 29.8 Å². The van der Waals surface area contributed by atoms with E-state index < -0.39 is 7.82 Å². The predicted octanol–water partition coefficient (Wildman–Crippen LogP) is 6.72. The van der Waals surface area contributed by atoms with Gasteiger partial charge in [0.05, 0.1) is 34.4 Å². The van der Waals surface area contributed by atoms with Crippen molar-refractivity contribution >= 4 is 13.6 Å². The van der Waals surface area contributed by atoms with E-state index in [-0.39, 0.29) is 31.3 Å². The zero-order valence-corrected chi connectivity index (χ0v) is 25.6. The van der Waals surface area contributed by atoms with Crippen molar-refractivity contribution < 1.29 is 32.5 Å². The Balaban J connectivity index is 2.39. The summed E-state index contributed by atoms with van der Waals surface area (Å²) in [6.45, 7) is 5.30. The summed E-state index contributed by atoms with van der Waals surface area (Å²) in [5, 5.41) is 0. The molecule has 2 atom stereocenters.